The molecule has 1 fully saturated rings. The number of aromatic nitrogens is 2. The highest BCUT2D eigenvalue weighted by Gasteiger charge is 2.30. The molecule has 36 heavy (non-hydrogen) atoms. The van der Waals surface area contributed by atoms with Gasteiger partial charge in [0.2, 0.25) is 5.95 Å². The van der Waals surface area contributed by atoms with E-state index in [1.165, 1.54) is 12.1 Å². The Kier molecular flexibility index (Phi) is 7.67. The van der Waals surface area contributed by atoms with Crippen molar-refractivity contribution in [2.75, 3.05) is 29.9 Å². The summed E-state index contributed by atoms with van der Waals surface area (Å²) in [7, 11) is 0. The van der Waals surface area contributed by atoms with Crippen molar-refractivity contribution in [2.45, 2.75) is 25.1 Å². The van der Waals surface area contributed by atoms with E-state index in [0.717, 1.165) is 12.1 Å². The Morgan fingerprint density at radius 1 is 1.00 bits per heavy atom. The summed E-state index contributed by atoms with van der Waals surface area (Å²) in [6.45, 7) is 0.918. The van der Waals surface area contributed by atoms with Crippen LogP contribution in [0.3, 0.4) is 0 Å². The maximum absolute atomic E-state index is 12.9. The van der Waals surface area contributed by atoms with Crippen molar-refractivity contribution in [3.8, 4) is 5.75 Å². The first-order chi connectivity index (χ1) is 17.3. The third-order valence-corrected chi connectivity index (χ3v) is 5.63. The predicted molar refractivity (Wildman–Crippen MR) is 127 cm³/mol. The number of halogens is 3. The number of nitrogens with zero attached hydrogens (tertiary/aromatic N) is 3. The molecule has 0 atom stereocenters. The van der Waals surface area contributed by atoms with Gasteiger partial charge in [-0.05, 0) is 49.2 Å². The second-order valence-corrected chi connectivity index (χ2v) is 8.20. The summed E-state index contributed by atoms with van der Waals surface area (Å²) >= 11 is 0. The first kappa shape index (κ1) is 25.0. The zero-order valence-corrected chi connectivity index (χ0v) is 19.2. The van der Waals surface area contributed by atoms with Crippen molar-refractivity contribution in [1.29, 1.82) is 0 Å². The van der Waals surface area contributed by atoms with Gasteiger partial charge < -0.3 is 20.3 Å². The number of anilines is 2. The number of benzene rings is 2. The number of hydrogen-bond acceptors (Lipinski definition) is 6. The Bertz CT molecular complexity index is 1200. The molecule has 8 nitrogen and oxygen atoms in total. The van der Waals surface area contributed by atoms with Crippen LogP contribution in [0, 0.1) is 0 Å². The Morgan fingerprint density at radius 3 is 2.44 bits per heavy atom. The van der Waals surface area contributed by atoms with Gasteiger partial charge in [0, 0.05) is 37.2 Å². The average molecular weight is 499 g/mol. The highest BCUT2D eigenvalue weighted by molar-refractivity contribution is 5.97. The van der Waals surface area contributed by atoms with Crippen LogP contribution in [0.5, 0.6) is 5.75 Å². The molecule has 0 unspecified atom stereocenters. The summed E-state index contributed by atoms with van der Waals surface area (Å²) in [5.74, 6) is -0.132. The number of para-hydroxylation sites is 1. The number of piperidine rings is 1. The number of amides is 2. The predicted octanol–water partition coefficient (Wildman–Crippen LogP) is 3.91. The van der Waals surface area contributed by atoms with Crippen LogP contribution in [0.1, 0.15) is 28.8 Å². The van der Waals surface area contributed by atoms with E-state index in [0.29, 0.717) is 31.9 Å². The van der Waals surface area contributed by atoms with Crippen molar-refractivity contribution in [2.24, 2.45) is 0 Å². The second kappa shape index (κ2) is 11.1. The molecule has 11 heteroatoms. The molecule has 0 radical (unpaired) electrons. The molecule has 1 aliphatic rings. The molecule has 2 heterocycles. The molecule has 3 aromatic rings. The quantitative estimate of drug-likeness (QED) is 0.512. The molecule has 0 aliphatic carbocycles. The van der Waals surface area contributed by atoms with E-state index in [1.807, 2.05) is 0 Å². The number of rotatable bonds is 7. The van der Waals surface area contributed by atoms with E-state index in [1.54, 1.807) is 42.7 Å². The maximum Gasteiger partial charge on any atom is 0.416 e. The van der Waals surface area contributed by atoms with Gasteiger partial charge >= 0.3 is 6.18 Å². The fourth-order valence-electron chi connectivity index (χ4n) is 3.84. The molecule has 188 valence electrons. The second-order valence-electron chi connectivity index (χ2n) is 8.20. The zero-order valence-electron chi connectivity index (χ0n) is 19.2. The van der Waals surface area contributed by atoms with E-state index in [4.69, 9.17) is 4.74 Å². The number of nitrogens with one attached hydrogen (secondary N) is 2. The van der Waals surface area contributed by atoms with Gasteiger partial charge in [-0.25, -0.2) is 9.97 Å². The third kappa shape index (κ3) is 6.49. The van der Waals surface area contributed by atoms with E-state index in [2.05, 4.69) is 25.5 Å². The molecule has 2 amide bonds. The minimum Gasteiger partial charge on any atom is -0.483 e. The van der Waals surface area contributed by atoms with Crippen LogP contribution in [0.15, 0.2) is 67.0 Å². The van der Waals surface area contributed by atoms with Crippen LogP contribution in [0.25, 0.3) is 0 Å². The lowest BCUT2D eigenvalue weighted by molar-refractivity contribution is -0.137. The fourth-order valence-corrected chi connectivity index (χ4v) is 3.84. The normalized spacial score (nSPS) is 14.2. The lowest BCUT2D eigenvalue weighted by Gasteiger charge is -2.32. The van der Waals surface area contributed by atoms with Crippen LogP contribution < -0.4 is 20.3 Å². The van der Waals surface area contributed by atoms with Crippen LogP contribution in [0.2, 0.25) is 0 Å². The molecule has 0 bridgehead atoms. The maximum atomic E-state index is 12.9. The van der Waals surface area contributed by atoms with Crippen molar-refractivity contribution in [3.05, 3.63) is 78.1 Å². The standard InChI is InChI=1S/C25H24F3N5O3/c26-25(27,28)17-5-3-6-19(15-17)31-22(34)16-36-21-8-2-1-7-20(21)23(35)32-18-9-13-33(14-10-18)24-29-11-4-12-30-24/h1-8,11-12,15,18H,9-10,13-14,16H2,(H,31,34)(H,32,35). The smallest absolute Gasteiger partial charge is 0.416 e. The Hall–Kier alpha value is -4.15. The van der Waals surface area contributed by atoms with Gasteiger partial charge in [-0.3, -0.25) is 9.59 Å². The van der Waals surface area contributed by atoms with Crippen LogP contribution in [-0.4, -0.2) is 47.5 Å². The van der Waals surface area contributed by atoms with E-state index < -0.39 is 24.3 Å². The molecule has 2 aromatic carbocycles. The summed E-state index contributed by atoms with van der Waals surface area (Å²) in [6.07, 6.45) is 0.286. The van der Waals surface area contributed by atoms with Gasteiger partial charge in [0.25, 0.3) is 11.8 Å². The van der Waals surface area contributed by atoms with Crippen LogP contribution in [-0.2, 0) is 11.0 Å². The Morgan fingerprint density at radius 2 is 1.72 bits per heavy atom. The summed E-state index contributed by atoms with van der Waals surface area (Å²) in [5.41, 5.74) is -0.611. The van der Waals surface area contributed by atoms with Gasteiger partial charge in [-0.15, -0.1) is 0 Å². The molecule has 1 saturated heterocycles. The van der Waals surface area contributed by atoms with Gasteiger partial charge in [-0.2, -0.15) is 13.2 Å². The lowest BCUT2D eigenvalue weighted by Crippen LogP contribution is -2.45. The monoisotopic (exact) mass is 499 g/mol. The minimum atomic E-state index is -4.52. The SMILES string of the molecule is O=C(COc1ccccc1C(=O)NC1CCN(c2ncccn2)CC1)Nc1cccc(C(F)(F)F)c1. The minimum absolute atomic E-state index is 0.00306. The highest BCUT2D eigenvalue weighted by atomic mass is 19.4. The number of alkyl halides is 3. The Balaban J connectivity index is 1.31. The van der Waals surface area contributed by atoms with Gasteiger partial charge in [-0.1, -0.05) is 18.2 Å². The molecular weight excluding hydrogens is 475 g/mol. The summed E-state index contributed by atoms with van der Waals surface area (Å²) in [6, 6.07) is 12.5. The Labute approximate surface area is 205 Å². The van der Waals surface area contributed by atoms with Gasteiger partial charge in [0.1, 0.15) is 5.75 Å². The number of ether oxygens (including phenoxy) is 1. The third-order valence-electron chi connectivity index (χ3n) is 5.63. The van der Waals surface area contributed by atoms with E-state index in [-0.39, 0.29) is 28.9 Å². The first-order valence-corrected chi connectivity index (χ1v) is 11.3. The van der Waals surface area contributed by atoms with Crippen LogP contribution in [0.4, 0.5) is 24.8 Å². The van der Waals surface area contributed by atoms with Crippen molar-refractivity contribution >= 4 is 23.5 Å². The number of carbonyl (C=O) groups excluding carboxylic acids is 2. The average Bonchev–Trinajstić information content (AvgIpc) is 2.88. The first-order valence-electron chi connectivity index (χ1n) is 11.3. The lowest BCUT2D eigenvalue weighted by atomic mass is 10.0. The highest BCUT2D eigenvalue weighted by Crippen LogP contribution is 2.30. The molecule has 1 aromatic heterocycles. The largest absolute Gasteiger partial charge is 0.483 e. The van der Waals surface area contributed by atoms with Crippen molar-refractivity contribution < 1.29 is 27.5 Å². The molecule has 1 aliphatic heterocycles. The number of carbonyl (C=O) groups is 2. The molecular formula is C25H24F3N5O3. The zero-order chi connectivity index (χ0) is 25.5. The number of hydrogen-bond donors (Lipinski definition) is 2. The van der Waals surface area contributed by atoms with Crippen LogP contribution >= 0.6 is 0 Å². The molecule has 0 spiro atoms. The summed E-state index contributed by atoms with van der Waals surface area (Å²) in [5, 5.41) is 5.38. The molecule has 0 saturated carbocycles. The van der Waals surface area contributed by atoms with E-state index in [9.17, 15) is 22.8 Å². The molecule has 2 N–H and O–H groups in total. The summed E-state index contributed by atoms with van der Waals surface area (Å²) < 4.78 is 44.2. The van der Waals surface area contributed by atoms with Crippen molar-refractivity contribution in [1.82, 2.24) is 15.3 Å². The topological polar surface area (TPSA) is 96.5 Å². The van der Waals surface area contributed by atoms with E-state index >= 15 is 0 Å². The molecule has 4 rings (SSSR count). The fraction of sp³-hybridized carbons (Fsp3) is 0.280. The van der Waals surface area contributed by atoms with Gasteiger partial charge in [0.15, 0.2) is 6.61 Å². The van der Waals surface area contributed by atoms with Crippen molar-refractivity contribution in [3.63, 3.8) is 0 Å². The summed E-state index contributed by atoms with van der Waals surface area (Å²) in [4.78, 5) is 35.7. The van der Waals surface area contributed by atoms with Gasteiger partial charge in [0.05, 0.1) is 11.1 Å².